The Morgan fingerprint density at radius 2 is 1.65 bits per heavy atom. The Morgan fingerprint density at radius 3 is 2.10 bits per heavy atom. The first-order valence-electron chi connectivity index (χ1n) is 6.51. The minimum Gasteiger partial charge on any atom is -0.507 e. The van der Waals surface area contributed by atoms with Crippen molar-refractivity contribution in [1.29, 1.82) is 0 Å². The fourth-order valence-corrected chi connectivity index (χ4v) is 2.08. The molecule has 0 bridgehead atoms. The van der Waals surface area contributed by atoms with E-state index in [1.54, 1.807) is 12.1 Å². The first-order chi connectivity index (χ1) is 9.50. The maximum Gasteiger partial charge on any atom is 0.404 e. The number of phenols is 1. The Bertz CT molecular complexity index is 455. The SMILES string of the molecule is O=C(O)NC1CCCCC1.O=C(O)c1ccccc1O. The van der Waals surface area contributed by atoms with E-state index in [0.29, 0.717) is 0 Å². The van der Waals surface area contributed by atoms with Gasteiger partial charge in [0.25, 0.3) is 0 Å². The standard InChI is InChI=1S/C7H13NO2.C7H6O3/c9-7(10)8-6-4-2-1-3-5-6;8-6-4-2-1-3-5(6)7(9)10/h6,8H,1-5H2,(H,9,10);1-4,8H,(H,9,10). The maximum absolute atomic E-state index is 10.3. The molecule has 6 heteroatoms. The van der Waals surface area contributed by atoms with E-state index in [0.717, 1.165) is 12.8 Å². The summed E-state index contributed by atoms with van der Waals surface area (Å²) in [6.07, 6.45) is 4.76. The quantitative estimate of drug-likeness (QED) is 0.666. The Hall–Kier alpha value is -2.24. The first kappa shape index (κ1) is 15.8. The van der Waals surface area contributed by atoms with Crippen LogP contribution >= 0.6 is 0 Å². The third-order valence-corrected chi connectivity index (χ3v) is 3.07. The van der Waals surface area contributed by atoms with Crippen LogP contribution in [0.1, 0.15) is 42.5 Å². The number of aromatic carboxylic acids is 1. The van der Waals surface area contributed by atoms with Gasteiger partial charge in [-0.3, -0.25) is 0 Å². The summed E-state index contributed by atoms with van der Waals surface area (Å²) in [4.78, 5) is 20.4. The van der Waals surface area contributed by atoms with E-state index < -0.39 is 12.1 Å². The number of nitrogens with one attached hydrogen (secondary N) is 1. The van der Waals surface area contributed by atoms with Crippen molar-refractivity contribution in [3.05, 3.63) is 29.8 Å². The normalized spacial score (nSPS) is 14.8. The van der Waals surface area contributed by atoms with Gasteiger partial charge in [-0.05, 0) is 25.0 Å². The van der Waals surface area contributed by atoms with Crippen molar-refractivity contribution in [1.82, 2.24) is 5.32 Å². The summed E-state index contributed by atoms with van der Waals surface area (Å²) >= 11 is 0. The van der Waals surface area contributed by atoms with Gasteiger partial charge in [0, 0.05) is 6.04 Å². The van der Waals surface area contributed by atoms with Crippen LogP contribution in [0.25, 0.3) is 0 Å². The van der Waals surface area contributed by atoms with Gasteiger partial charge in [0.15, 0.2) is 0 Å². The molecule has 4 N–H and O–H groups in total. The largest absolute Gasteiger partial charge is 0.507 e. The van der Waals surface area contributed by atoms with Gasteiger partial charge < -0.3 is 20.6 Å². The highest BCUT2D eigenvalue weighted by Crippen LogP contribution is 2.17. The predicted molar refractivity (Wildman–Crippen MR) is 73.1 cm³/mol. The Balaban J connectivity index is 0.000000200. The second kappa shape index (κ2) is 8.04. The second-order valence-electron chi connectivity index (χ2n) is 4.61. The minimum atomic E-state index is -1.11. The molecular weight excluding hydrogens is 262 g/mol. The van der Waals surface area contributed by atoms with Crippen LogP contribution in [0.2, 0.25) is 0 Å². The van der Waals surface area contributed by atoms with Crippen molar-refractivity contribution < 1.29 is 24.9 Å². The topological polar surface area (TPSA) is 107 Å². The van der Waals surface area contributed by atoms with Crippen molar-refractivity contribution >= 4 is 12.1 Å². The molecule has 6 nitrogen and oxygen atoms in total. The first-order valence-corrected chi connectivity index (χ1v) is 6.51. The zero-order valence-electron chi connectivity index (χ0n) is 11.1. The molecule has 20 heavy (non-hydrogen) atoms. The number of hydrogen-bond acceptors (Lipinski definition) is 3. The van der Waals surface area contributed by atoms with Gasteiger partial charge in [-0.15, -0.1) is 0 Å². The van der Waals surface area contributed by atoms with Gasteiger partial charge in [-0.25, -0.2) is 9.59 Å². The third kappa shape index (κ3) is 5.60. The molecule has 0 aliphatic heterocycles. The van der Waals surface area contributed by atoms with Crippen LogP contribution in [0.3, 0.4) is 0 Å². The average Bonchev–Trinajstić information content (AvgIpc) is 2.40. The van der Waals surface area contributed by atoms with Crippen LogP contribution in [0.15, 0.2) is 24.3 Å². The van der Waals surface area contributed by atoms with E-state index in [1.165, 1.54) is 31.4 Å². The van der Waals surface area contributed by atoms with E-state index in [-0.39, 0.29) is 17.4 Å². The molecule has 1 fully saturated rings. The fraction of sp³-hybridized carbons (Fsp3) is 0.429. The highest BCUT2D eigenvalue weighted by atomic mass is 16.4. The van der Waals surface area contributed by atoms with Crippen molar-refractivity contribution in [2.24, 2.45) is 0 Å². The number of carbonyl (C=O) groups is 2. The summed E-state index contributed by atoms with van der Waals surface area (Å²) in [6, 6.07) is 6.04. The molecule has 0 spiro atoms. The number of carboxylic acids is 1. The molecule has 1 saturated carbocycles. The molecule has 2 rings (SSSR count). The summed E-state index contributed by atoms with van der Waals surface area (Å²) in [6.45, 7) is 0. The van der Waals surface area contributed by atoms with Crippen molar-refractivity contribution in [3.8, 4) is 5.75 Å². The second-order valence-corrected chi connectivity index (χ2v) is 4.61. The number of rotatable bonds is 2. The monoisotopic (exact) mass is 281 g/mol. The Morgan fingerprint density at radius 1 is 1.05 bits per heavy atom. The van der Waals surface area contributed by atoms with Crippen molar-refractivity contribution in [2.45, 2.75) is 38.1 Å². The molecule has 1 aliphatic carbocycles. The van der Waals surface area contributed by atoms with E-state index in [4.69, 9.17) is 15.3 Å². The number of hydrogen-bond donors (Lipinski definition) is 4. The summed E-state index contributed by atoms with van der Waals surface area (Å²) in [5, 5.41) is 28.2. The molecule has 0 radical (unpaired) electrons. The zero-order valence-corrected chi connectivity index (χ0v) is 11.1. The van der Waals surface area contributed by atoms with Crippen LogP contribution in [-0.4, -0.2) is 33.4 Å². The van der Waals surface area contributed by atoms with Gasteiger partial charge in [0.2, 0.25) is 0 Å². The van der Waals surface area contributed by atoms with Crippen LogP contribution in [0.4, 0.5) is 4.79 Å². The molecular formula is C14H19NO5. The third-order valence-electron chi connectivity index (χ3n) is 3.07. The summed E-state index contributed by atoms with van der Waals surface area (Å²) in [5.74, 6) is -1.31. The molecule has 0 atom stereocenters. The lowest BCUT2D eigenvalue weighted by atomic mass is 9.96. The van der Waals surface area contributed by atoms with Crippen LogP contribution in [-0.2, 0) is 0 Å². The number of benzene rings is 1. The summed E-state index contributed by atoms with van der Waals surface area (Å²) < 4.78 is 0. The van der Waals surface area contributed by atoms with Crippen LogP contribution in [0, 0.1) is 0 Å². The van der Waals surface area contributed by atoms with Gasteiger partial charge in [-0.2, -0.15) is 0 Å². The molecule has 1 amide bonds. The van der Waals surface area contributed by atoms with E-state index in [1.807, 2.05) is 0 Å². The van der Waals surface area contributed by atoms with Gasteiger partial charge in [0.1, 0.15) is 11.3 Å². The minimum absolute atomic E-state index is 0.0671. The lowest BCUT2D eigenvalue weighted by Gasteiger charge is -2.20. The molecule has 1 aromatic rings. The summed E-state index contributed by atoms with van der Waals surface area (Å²) in [7, 11) is 0. The predicted octanol–water partition coefficient (Wildman–Crippen LogP) is 2.68. The smallest absolute Gasteiger partial charge is 0.404 e. The number of aromatic hydroxyl groups is 1. The molecule has 0 saturated heterocycles. The lowest BCUT2D eigenvalue weighted by Crippen LogP contribution is -2.34. The Labute approximate surface area is 117 Å². The summed E-state index contributed by atoms with van der Waals surface area (Å²) in [5.41, 5.74) is -0.0671. The van der Waals surface area contributed by atoms with E-state index in [9.17, 15) is 9.59 Å². The highest BCUT2D eigenvalue weighted by Gasteiger charge is 2.14. The molecule has 1 aliphatic rings. The van der Waals surface area contributed by atoms with Crippen LogP contribution in [0.5, 0.6) is 5.75 Å². The van der Waals surface area contributed by atoms with E-state index in [2.05, 4.69) is 5.32 Å². The van der Waals surface area contributed by atoms with Crippen molar-refractivity contribution in [2.75, 3.05) is 0 Å². The highest BCUT2D eigenvalue weighted by molar-refractivity contribution is 5.90. The van der Waals surface area contributed by atoms with Gasteiger partial charge in [0.05, 0.1) is 0 Å². The molecule has 0 heterocycles. The number of amides is 1. The lowest BCUT2D eigenvalue weighted by molar-refractivity contribution is 0.0693. The number of carboxylic acid groups (broad SMARTS) is 2. The molecule has 0 aromatic heterocycles. The van der Waals surface area contributed by atoms with Crippen LogP contribution < -0.4 is 5.32 Å². The van der Waals surface area contributed by atoms with Gasteiger partial charge >= 0.3 is 12.1 Å². The Kier molecular flexibility index (Phi) is 6.36. The van der Waals surface area contributed by atoms with E-state index >= 15 is 0 Å². The average molecular weight is 281 g/mol. The molecule has 110 valence electrons. The number of para-hydroxylation sites is 1. The van der Waals surface area contributed by atoms with Gasteiger partial charge in [-0.1, -0.05) is 31.4 Å². The molecule has 0 unspecified atom stereocenters. The maximum atomic E-state index is 10.3. The molecule has 1 aromatic carbocycles. The van der Waals surface area contributed by atoms with Crippen molar-refractivity contribution in [3.63, 3.8) is 0 Å². The fourth-order valence-electron chi connectivity index (χ4n) is 2.08. The zero-order chi connectivity index (χ0) is 15.0.